The first-order valence-corrected chi connectivity index (χ1v) is 9.09. The molecule has 1 aromatic heterocycles. The first-order valence-electron chi connectivity index (χ1n) is 9.09. The van der Waals surface area contributed by atoms with Gasteiger partial charge in [-0.25, -0.2) is 9.59 Å². The lowest BCUT2D eigenvalue weighted by Gasteiger charge is -2.35. The smallest absolute Gasteiger partial charge is 0.410 e. The number of aromatic hydroxyl groups is 1. The lowest BCUT2D eigenvalue weighted by Crippen LogP contribution is -2.49. The molecule has 1 aliphatic heterocycles. The third-order valence-electron chi connectivity index (χ3n) is 4.64. The molecule has 1 aliphatic rings. The van der Waals surface area contributed by atoms with Crippen LogP contribution in [0.5, 0.6) is 5.75 Å². The van der Waals surface area contributed by atoms with E-state index >= 15 is 0 Å². The Labute approximate surface area is 158 Å². The third-order valence-corrected chi connectivity index (χ3v) is 4.64. The Bertz CT molecular complexity index is 905. The average Bonchev–Trinajstić information content (AvgIpc) is 2.57. The molecule has 7 heteroatoms. The van der Waals surface area contributed by atoms with E-state index < -0.39 is 11.2 Å². The average molecular weight is 374 g/mol. The van der Waals surface area contributed by atoms with Crippen molar-refractivity contribution < 1.29 is 19.1 Å². The Morgan fingerprint density at radius 2 is 1.89 bits per heavy atom. The van der Waals surface area contributed by atoms with Crippen LogP contribution in [0.25, 0.3) is 11.0 Å². The summed E-state index contributed by atoms with van der Waals surface area (Å²) in [6, 6.07) is 4.88. The number of carbonyl (C=O) groups excluding carboxylic acids is 1. The summed E-state index contributed by atoms with van der Waals surface area (Å²) in [6.07, 6.45) is -0.293. The number of carbonyl (C=O) groups is 1. The fourth-order valence-electron chi connectivity index (χ4n) is 3.20. The van der Waals surface area contributed by atoms with Crippen molar-refractivity contribution in [3.63, 3.8) is 0 Å². The summed E-state index contributed by atoms with van der Waals surface area (Å²) in [6.45, 7) is 10.4. The van der Waals surface area contributed by atoms with E-state index in [1.54, 1.807) is 24.0 Å². The maximum absolute atomic E-state index is 12.2. The molecule has 2 heterocycles. The fraction of sp³-hybridized carbons (Fsp3) is 0.500. The fourth-order valence-corrected chi connectivity index (χ4v) is 3.20. The van der Waals surface area contributed by atoms with Gasteiger partial charge in [0.2, 0.25) is 0 Å². The van der Waals surface area contributed by atoms with E-state index in [1.165, 1.54) is 6.07 Å². The normalized spacial score (nSPS) is 15.9. The minimum absolute atomic E-state index is 0.105. The minimum Gasteiger partial charge on any atom is -0.508 e. The molecule has 0 radical (unpaired) electrons. The molecule has 7 nitrogen and oxygen atoms in total. The summed E-state index contributed by atoms with van der Waals surface area (Å²) in [7, 11) is 0. The Hall–Kier alpha value is -2.54. The number of hydrogen-bond donors (Lipinski definition) is 1. The van der Waals surface area contributed by atoms with Crippen LogP contribution in [-0.4, -0.2) is 52.8 Å². The van der Waals surface area contributed by atoms with E-state index in [9.17, 15) is 14.7 Å². The number of benzene rings is 1. The van der Waals surface area contributed by atoms with E-state index in [0.717, 1.165) is 10.9 Å². The minimum atomic E-state index is -0.505. The molecule has 1 fully saturated rings. The highest BCUT2D eigenvalue weighted by atomic mass is 16.6. The molecule has 2 aromatic rings. The molecule has 27 heavy (non-hydrogen) atoms. The number of piperazine rings is 1. The summed E-state index contributed by atoms with van der Waals surface area (Å²) < 4.78 is 10.7. The highest BCUT2D eigenvalue weighted by molar-refractivity contribution is 5.84. The van der Waals surface area contributed by atoms with Gasteiger partial charge in [-0.1, -0.05) is 0 Å². The van der Waals surface area contributed by atoms with Crippen LogP contribution in [-0.2, 0) is 11.3 Å². The zero-order chi connectivity index (χ0) is 19.8. The number of phenols is 1. The molecule has 0 saturated carbocycles. The van der Waals surface area contributed by atoms with Gasteiger partial charge in [0.1, 0.15) is 16.9 Å². The molecular weight excluding hydrogens is 348 g/mol. The van der Waals surface area contributed by atoms with E-state index in [4.69, 9.17) is 9.15 Å². The lowest BCUT2D eigenvalue weighted by molar-refractivity contribution is 0.0139. The quantitative estimate of drug-likeness (QED) is 0.814. The molecule has 0 unspecified atom stereocenters. The Morgan fingerprint density at radius 1 is 1.22 bits per heavy atom. The van der Waals surface area contributed by atoms with Gasteiger partial charge in [0.05, 0.1) is 0 Å². The molecule has 0 spiro atoms. The van der Waals surface area contributed by atoms with Crippen molar-refractivity contribution in [1.82, 2.24) is 9.80 Å². The number of fused-ring (bicyclic) bond motifs is 1. The number of phenolic OH excluding ortho intramolecular Hbond substituents is 1. The van der Waals surface area contributed by atoms with Crippen LogP contribution in [0.4, 0.5) is 4.79 Å². The second kappa shape index (κ2) is 7.23. The zero-order valence-electron chi connectivity index (χ0n) is 16.2. The monoisotopic (exact) mass is 374 g/mol. The highest BCUT2D eigenvalue weighted by Gasteiger charge is 2.26. The predicted octanol–water partition coefficient (Wildman–Crippen LogP) is 2.86. The molecule has 0 bridgehead atoms. The molecular formula is C20H26N2O5. The van der Waals surface area contributed by atoms with Crippen molar-refractivity contribution in [3.05, 3.63) is 39.7 Å². The summed E-state index contributed by atoms with van der Waals surface area (Å²) in [5.74, 6) is 0.105. The highest BCUT2D eigenvalue weighted by Crippen LogP contribution is 2.28. The van der Waals surface area contributed by atoms with E-state index in [2.05, 4.69) is 4.90 Å². The molecule has 0 atom stereocenters. The van der Waals surface area contributed by atoms with Crippen molar-refractivity contribution in [3.8, 4) is 5.75 Å². The molecule has 1 amide bonds. The number of nitrogens with zero attached hydrogens (tertiary/aromatic N) is 2. The van der Waals surface area contributed by atoms with Crippen molar-refractivity contribution in [2.75, 3.05) is 26.2 Å². The first kappa shape index (κ1) is 19.2. The van der Waals surface area contributed by atoms with E-state index in [-0.39, 0.29) is 11.8 Å². The van der Waals surface area contributed by atoms with E-state index in [1.807, 2.05) is 20.8 Å². The predicted molar refractivity (Wildman–Crippen MR) is 102 cm³/mol. The number of aryl methyl sites for hydroxylation is 1. The van der Waals surface area contributed by atoms with Gasteiger partial charge in [-0.3, -0.25) is 4.90 Å². The second-order valence-corrected chi connectivity index (χ2v) is 7.92. The molecule has 146 valence electrons. The van der Waals surface area contributed by atoms with Crippen LogP contribution in [0, 0.1) is 6.92 Å². The third kappa shape index (κ3) is 4.42. The van der Waals surface area contributed by atoms with Crippen LogP contribution in [0.2, 0.25) is 0 Å². The molecule has 0 aliphatic carbocycles. The van der Waals surface area contributed by atoms with Crippen molar-refractivity contribution in [1.29, 1.82) is 0 Å². The molecule has 1 saturated heterocycles. The van der Waals surface area contributed by atoms with E-state index in [0.29, 0.717) is 43.9 Å². The van der Waals surface area contributed by atoms with Gasteiger partial charge < -0.3 is 19.2 Å². The van der Waals surface area contributed by atoms with Crippen molar-refractivity contribution in [2.45, 2.75) is 39.8 Å². The number of ether oxygens (including phenoxy) is 1. The van der Waals surface area contributed by atoms with Gasteiger partial charge >= 0.3 is 11.7 Å². The molecule has 1 N–H and O–H groups in total. The summed E-state index contributed by atoms with van der Waals surface area (Å²) in [4.78, 5) is 28.0. The topological polar surface area (TPSA) is 83.2 Å². The number of hydrogen-bond acceptors (Lipinski definition) is 6. The van der Waals surface area contributed by atoms with Crippen LogP contribution < -0.4 is 5.63 Å². The summed E-state index contributed by atoms with van der Waals surface area (Å²) >= 11 is 0. The zero-order valence-corrected chi connectivity index (χ0v) is 16.2. The Kier molecular flexibility index (Phi) is 5.15. The number of rotatable bonds is 2. The van der Waals surface area contributed by atoms with Gasteiger partial charge in [0.15, 0.2) is 0 Å². The van der Waals surface area contributed by atoms with Gasteiger partial charge in [-0.15, -0.1) is 0 Å². The number of amides is 1. The standard InChI is InChI=1S/C20H26N2O5/c1-13-16(23)6-5-15-14(11-17(24)26-18(13)15)12-21-7-9-22(10-8-21)19(25)27-20(2,3)4/h5-6,11,23H,7-10,12H2,1-4H3. The van der Waals surface area contributed by atoms with Crippen molar-refractivity contribution in [2.24, 2.45) is 0 Å². The van der Waals surface area contributed by atoms with Crippen LogP contribution in [0.1, 0.15) is 31.9 Å². The largest absolute Gasteiger partial charge is 0.508 e. The van der Waals surface area contributed by atoms with Gasteiger partial charge in [-0.2, -0.15) is 0 Å². The maximum atomic E-state index is 12.2. The summed E-state index contributed by atoms with van der Waals surface area (Å²) in [5.41, 5.74) is 0.897. The summed E-state index contributed by atoms with van der Waals surface area (Å²) in [5, 5.41) is 10.7. The Balaban J connectivity index is 1.72. The lowest BCUT2D eigenvalue weighted by atomic mass is 10.1. The van der Waals surface area contributed by atoms with Gasteiger partial charge in [-0.05, 0) is 45.4 Å². The maximum Gasteiger partial charge on any atom is 0.410 e. The van der Waals surface area contributed by atoms with Crippen molar-refractivity contribution >= 4 is 17.1 Å². The Morgan fingerprint density at radius 3 is 2.52 bits per heavy atom. The second-order valence-electron chi connectivity index (χ2n) is 7.92. The van der Waals surface area contributed by atoms with Crippen LogP contribution in [0.15, 0.2) is 27.4 Å². The van der Waals surface area contributed by atoms with Gasteiger partial charge in [0.25, 0.3) is 0 Å². The first-order chi connectivity index (χ1) is 12.6. The molecule has 3 rings (SSSR count). The van der Waals surface area contributed by atoms with Gasteiger partial charge in [0, 0.05) is 49.7 Å². The van der Waals surface area contributed by atoms with Crippen LogP contribution >= 0.6 is 0 Å². The molecule has 1 aromatic carbocycles. The SMILES string of the molecule is Cc1c(O)ccc2c(CN3CCN(C(=O)OC(C)(C)C)CC3)cc(=O)oc12. The van der Waals surface area contributed by atoms with Crippen LogP contribution in [0.3, 0.4) is 0 Å².